The van der Waals surface area contributed by atoms with Gasteiger partial charge < -0.3 is 9.47 Å². The van der Waals surface area contributed by atoms with Gasteiger partial charge in [-0.1, -0.05) is 0 Å². The van der Waals surface area contributed by atoms with Gasteiger partial charge in [0, 0.05) is 17.6 Å². The molecule has 1 aromatic carbocycles. The van der Waals surface area contributed by atoms with E-state index in [0.29, 0.717) is 17.0 Å². The van der Waals surface area contributed by atoms with Gasteiger partial charge in [0.25, 0.3) is 0 Å². The van der Waals surface area contributed by atoms with E-state index in [1.165, 1.54) is 17.9 Å². The van der Waals surface area contributed by atoms with Crippen LogP contribution in [0.15, 0.2) is 23.1 Å². The lowest BCUT2D eigenvalue weighted by Gasteiger charge is -2.11. The van der Waals surface area contributed by atoms with Crippen LogP contribution in [0.1, 0.15) is 0 Å². The first kappa shape index (κ1) is 11.7. The highest BCUT2D eigenvalue weighted by Crippen LogP contribution is 2.31. The standard InChI is InChI=1S/C11H11ClN2O3/c1-16-9-3-7-5-13-11(15)14(6-12)8(7)4-10(9)17-2/h3-5H,6H2,1-2H3. The number of halogens is 1. The maximum atomic E-state index is 11.5. The number of fused-ring (bicyclic) bond motifs is 1. The van der Waals surface area contributed by atoms with Crippen molar-refractivity contribution in [3.63, 3.8) is 0 Å². The van der Waals surface area contributed by atoms with E-state index in [4.69, 9.17) is 21.1 Å². The largest absolute Gasteiger partial charge is 0.493 e. The zero-order valence-corrected chi connectivity index (χ0v) is 10.2. The Bertz CT molecular complexity index is 609. The fraction of sp³-hybridized carbons (Fsp3) is 0.273. The van der Waals surface area contributed by atoms with Crippen molar-refractivity contribution >= 4 is 22.5 Å². The van der Waals surface area contributed by atoms with Gasteiger partial charge in [-0.05, 0) is 6.07 Å². The van der Waals surface area contributed by atoms with Crippen LogP contribution in [-0.4, -0.2) is 23.8 Å². The minimum absolute atomic E-state index is 0.0403. The molecular weight excluding hydrogens is 244 g/mol. The highest BCUT2D eigenvalue weighted by molar-refractivity contribution is 6.15. The minimum Gasteiger partial charge on any atom is -0.493 e. The van der Waals surface area contributed by atoms with E-state index in [9.17, 15) is 4.79 Å². The molecule has 1 heterocycles. The van der Waals surface area contributed by atoms with Crippen molar-refractivity contribution < 1.29 is 9.47 Å². The van der Waals surface area contributed by atoms with Gasteiger partial charge in [-0.15, -0.1) is 11.6 Å². The number of benzene rings is 1. The Morgan fingerprint density at radius 1 is 1.29 bits per heavy atom. The number of nitrogens with zero attached hydrogens (tertiary/aromatic N) is 2. The molecule has 0 amide bonds. The molecule has 0 fully saturated rings. The molecule has 0 aliphatic carbocycles. The summed E-state index contributed by atoms with van der Waals surface area (Å²) in [7, 11) is 3.09. The zero-order valence-electron chi connectivity index (χ0n) is 9.44. The van der Waals surface area contributed by atoms with Crippen molar-refractivity contribution in [2.75, 3.05) is 14.2 Å². The first-order valence-electron chi connectivity index (χ1n) is 4.88. The quantitative estimate of drug-likeness (QED) is 0.781. The number of aromatic nitrogens is 2. The zero-order chi connectivity index (χ0) is 12.4. The molecule has 0 unspecified atom stereocenters. The lowest BCUT2D eigenvalue weighted by atomic mass is 10.2. The number of rotatable bonds is 3. The van der Waals surface area contributed by atoms with E-state index >= 15 is 0 Å². The normalized spacial score (nSPS) is 10.5. The summed E-state index contributed by atoms with van der Waals surface area (Å²) in [6, 6.07) is 3.50. The molecule has 0 bridgehead atoms. The van der Waals surface area contributed by atoms with E-state index in [1.807, 2.05) is 0 Å². The molecule has 1 aromatic heterocycles. The van der Waals surface area contributed by atoms with E-state index < -0.39 is 0 Å². The molecule has 2 aromatic rings. The molecule has 0 saturated carbocycles. The molecule has 0 N–H and O–H groups in total. The predicted molar refractivity (Wildman–Crippen MR) is 65.0 cm³/mol. The summed E-state index contributed by atoms with van der Waals surface area (Å²) in [6.07, 6.45) is 1.49. The molecule has 0 saturated heterocycles. The van der Waals surface area contributed by atoms with Crippen LogP contribution in [0.2, 0.25) is 0 Å². The van der Waals surface area contributed by atoms with Crippen LogP contribution in [-0.2, 0) is 6.00 Å². The highest BCUT2D eigenvalue weighted by atomic mass is 35.5. The van der Waals surface area contributed by atoms with Crippen LogP contribution in [0, 0.1) is 0 Å². The van der Waals surface area contributed by atoms with Gasteiger partial charge in [-0.3, -0.25) is 4.57 Å². The average Bonchev–Trinajstić information content (AvgIpc) is 2.37. The Morgan fingerprint density at radius 3 is 2.53 bits per heavy atom. The van der Waals surface area contributed by atoms with Gasteiger partial charge in [0.15, 0.2) is 11.5 Å². The topological polar surface area (TPSA) is 53.3 Å². The Kier molecular flexibility index (Phi) is 3.19. The molecule has 6 heteroatoms. The van der Waals surface area contributed by atoms with Crippen LogP contribution < -0.4 is 15.2 Å². The second-order valence-corrected chi connectivity index (χ2v) is 3.59. The lowest BCUT2D eigenvalue weighted by Crippen LogP contribution is -2.21. The first-order chi connectivity index (χ1) is 8.21. The van der Waals surface area contributed by atoms with Crippen molar-refractivity contribution in [1.82, 2.24) is 9.55 Å². The summed E-state index contributed by atoms with van der Waals surface area (Å²) in [6.45, 7) is 0. The van der Waals surface area contributed by atoms with Crippen molar-refractivity contribution in [3.05, 3.63) is 28.8 Å². The van der Waals surface area contributed by atoms with Crippen molar-refractivity contribution in [3.8, 4) is 11.5 Å². The van der Waals surface area contributed by atoms with Crippen molar-refractivity contribution in [2.45, 2.75) is 6.00 Å². The van der Waals surface area contributed by atoms with Crippen molar-refractivity contribution in [1.29, 1.82) is 0 Å². The van der Waals surface area contributed by atoms with Crippen LogP contribution >= 0.6 is 11.6 Å². The van der Waals surface area contributed by atoms with Crippen molar-refractivity contribution in [2.24, 2.45) is 0 Å². The monoisotopic (exact) mass is 254 g/mol. The Morgan fingerprint density at radius 2 is 1.94 bits per heavy atom. The summed E-state index contributed by atoms with van der Waals surface area (Å²) in [4.78, 5) is 15.2. The highest BCUT2D eigenvalue weighted by Gasteiger charge is 2.09. The SMILES string of the molecule is COc1cc2cnc(=O)n(CCl)c2cc1OC. The number of ether oxygens (including phenoxy) is 2. The summed E-state index contributed by atoms with van der Waals surface area (Å²) in [5.41, 5.74) is 0.275. The summed E-state index contributed by atoms with van der Waals surface area (Å²) < 4.78 is 11.7. The van der Waals surface area contributed by atoms with Gasteiger partial charge >= 0.3 is 5.69 Å². The Balaban J connectivity index is 2.83. The predicted octanol–water partition coefficient (Wildman–Crippen LogP) is 1.61. The third-order valence-electron chi connectivity index (χ3n) is 2.49. The fourth-order valence-electron chi connectivity index (χ4n) is 1.63. The Labute approximate surface area is 103 Å². The molecule has 2 rings (SSSR count). The second-order valence-electron chi connectivity index (χ2n) is 3.35. The van der Waals surface area contributed by atoms with Crippen LogP contribution in [0.5, 0.6) is 11.5 Å². The molecule has 17 heavy (non-hydrogen) atoms. The van der Waals surface area contributed by atoms with Crippen LogP contribution in [0.25, 0.3) is 10.9 Å². The number of hydrogen-bond acceptors (Lipinski definition) is 4. The van der Waals surface area contributed by atoms with E-state index in [2.05, 4.69) is 4.98 Å². The molecule has 5 nitrogen and oxygen atoms in total. The smallest absolute Gasteiger partial charge is 0.349 e. The number of methoxy groups -OCH3 is 2. The average molecular weight is 255 g/mol. The van der Waals surface area contributed by atoms with Gasteiger partial charge in [0.2, 0.25) is 0 Å². The number of hydrogen-bond donors (Lipinski definition) is 0. The van der Waals surface area contributed by atoms with Gasteiger partial charge in [0.1, 0.15) is 6.00 Å². The molecule has 0 spiro atoms. The van der Waals surface area contributed by atoms with Crippen LogP contribution in [0.4, 0.5) is 0 Å². The second kappa shape index (κ2) is 4.63. The summed E-state index contributed by atoms with van der Waals surface area (Å²) >= 11 is 5.73. The van der Waals surface area contributed by atoms with E-state index in [0.717, 1.165) is 5.39 Å². The molecule has 0 aliphatic heterocycles. The Hall–Kier alpha value is -1.75. The van der Waals surface area contributed by atoms with Crippen LogP contribution in [0.3, 0.4) is 0 Å². The van der Waals surface area contributed by atoms with Gasteiger partial charge in [-0.25, -0.2) is 9.78 Å². The summed E-state index contributed by atoms with van der Waals surface area (Å²) in [5, 5.41) is 0.767. The molecule has 0 radical (unpaired) electrons. The fourth-order valence-corrected chi connectivity index (χ4v) is 1.87. The first-order valence-corrected chi connectivity index (χ1v) is 5.42. The van der Waals surface area contributed by atoms with Gasteiger partial charge in [-0.2, -0.15) is 0 Å². The number of alkyl halides is 1. The molecule has 0 aliphatic rings. The third-order valence-corrected chi connectivity index (χ3v) is 2.73. The molecule has 90 valence electrons. The third kappa shape index (κ3) is 1.93. The maximum Gasteiger partial charge on any atom is 0.349 e. The lowest BCUT2D eigenvalue weighted by molar-refractivity contribution is 0.355. The maximum absolute atomic E-state index is 11.5. The molecule has 0 atom stereocenters. The minimum atomic E-state index is -0.389. The summed E-state index contributed by atoms with van der Waals surface area (Å²) in [5.74, 6) is 1.13. The van der Waals surface area contributed by atoms with E-state index in [1.54, 1.807) is 19.2 Å². The van der Waals surface area contributed by atoms with Gasteiger partial charge in [0.05, 0.1) is 19.7 Å². The van der Waals surface area contributed by atoms with E-state index in [-0.39, 0.29) is 11.7 Å². The molecular formula is C11H11ClN2O3.